The van der Waals surface area contributed by atoms with Crippen molar-refractivity contribution in [1.82, 2.24) is 19.5 Å². The molecule has 0 radical (unpaired) electrons. The van der Waals surface area contributed by atoms with Gasteiger partial charge >= 0.3 is 0 Å². The van der Waals surface area contributed by atoms with Gasteiger partial charge in [-0.1, -0.05) is 0 Å². The number of hydrogen-bond donors (Lipinski definition) is 2. The fourth-order valence-electron chi connectivity index (χ4n) is 3.15. The van der Waals surface area contributed by atoms with Gasteiger partial charge in [0.1, 0.15) is 10.6 Å². The number of aromatic nitrogens is 4. The average molecular weight is 359 g/mol. The third kappa shape index (κ3) is 3.24. The van der Waals surface area contributed by atoms with Crippen LogP contribution in [0.2, 0.25) is 0 Å². The topological polar surface area (TPSA) is 85.1 Å². The zero-order chi connectivity index (χ0) is 17.2. The molecule has 4 rings (SSSR count). The second kappa shape index (κ2) is 7.07. The summed E-state index contributed by atoms with van der Waals surface area (Å²) >= 11 is 1.60. The van der Waals surface area contributed by atoms with E-state index in [9.17, 15) is 5.11 Å². The molecule has 0 atom stereocenters. The summed E-state index contributed by atoms with van der Waals surface area (Å²) in [5.41, 5.74) is 0. The van der Waals surface area contributed by atoms with Gasteiger partial charge in [0.2, 0.25) is 0 Å². The van der Waals surface area contributed by atoms with Crippen molar-refractivity contribution in [2.75, 3.05) is 25.6 Å². The van der Waals surface area contributed by atoms with Gasteiger partial charge in [-0.25, -0.2) is 15.0 Å². The van der Waals surface area contributed by atoms with Crippen LogP contribution in [0, 0.1) is 5.92 Å². The van der Waals surface area contributed by atoms with Crippen LogP contribution in [-0.4, -0.2) is 51.0 Å². The molecule has 3 aromatic heterocycles. The molecule has 0 bridgehead atoms. The minimum atomic E-state index is 0.262. The maximum Gasteiger partial charge on any atom is 0.199 e. The number of anilines is 1. The summed E-state index contributed by atoms with van der Waals surface area (Å²) in [6.07, 6.45) is 5.63. The molecule has 2 N–H and O–H groups in total. The number of nitrogens with one attached hydrogen (secondary N) is 1. The molecule has 1 fully saturated rings. The molecule has 25 heavy (non-hydrogen) atoms. The number of thiophene rings is 1. The summed E-state index contributed by atoms with van der Waals surface area (Å²) in [5, 5.41) is 15.8. The van der Waals surface area contributed by atoms with E-state index in [2.05, 4.69) is 10.3 Å². The van der Waals surface area contributed by atoms with Crippen LogP contribution in [0.25, 0.3) is 21.9 Å². The van der Waals surface area contributed by atoms with Gasteiger partial charge in [-0.05, 0) is 30.2 Å². The van der Waals surface area contributed by atoms with Gasteiger partial charge in [0.15, 0.2) is 11.6 Å². The number of fused-ring (bicyclic) bond motifs is 1. The van der Waals surface area contributed by atoms with Gasteiger partial charge in [0, 0.05) is 38.7 Å². The number of nitrogens with zero attached hydrogens (tertiary/aromatic N) is 4. The lowest BCUT2D eigenvalue weighted by Gasteiger charge is -2.35. The average Bonchev–Trinajstić information content (AvgIpc) is 3.24. The van der Waals surface area contributed by atoms with Gasteiger partial charge in [0.05, 0.1) is 12.0 Å². The lowest BCUT2D eigenvalue weighted by molar-refractivity contribution is 0.151. The van der Waals surface area contributed by atoms with E-state index in [0.29, 0.717) is 30.9 Å². The minimum Gasteiger partial charge on any atom is -0.396 e. The van der Waals surface area contributed by atoms with Crippen molar-refractivity contribution in [2.24, 2.45) is 5.92 Å². The van der Waals surface area contributed by atoms with Gasteiger partial charge in [-0.15, -0.1) is 11.3 Å². The van der Waals surface area contributed by atoms with Crippen molar-refractivity contribution >= 4 is 27.4 Å². The predicted molar refractivity (Wildman–Crippen MR) is 97.7 cm³/mol. The molecule has 0 unspecified atom stereocenters. The molecule has 0 aromatic carbocycles. The smallest absolute Gasteiger partial charge is 0.199 e. The fourth-order valence-corrected chi connectivity index (χ4v) is 3.91. The van der Waals surface area contributed by atoms with Crippen molar-refractivity contribution in [1.29, 1.82) is 0 Å². The van der Waals surface area contributed by atoms with Crippen molar-refractivity contribution in [3.8, 4) is 11.6 Å². The Kier molecular flexibility index (Phi) is 4.65. The first-order chi connectivity index (χ1) is 12.3. The molecule has 3 aromatic rings. The first-order valence-corrected chi connectivity index (χ1v) is 9.29. The second-order valence-electron chi connectivity index (χ2n) is 6.33. The first kappa shape index (κ1) is 16.4. The van der Waals surface area contributed by atoms with Crippen molar-refractivity contribution in [2.45, 2.75) is 25.4 Å². The molecule has 0 spiro atoms. The highest BCUT2D eigenvalue weighted by molar-refractivity contribution is 7.16. The zero-order valence-corrected chi connectivity index (χ0v) is 14.9. The molecule has 1 aliphatic carbocycles. The fraction of sp³-hybridized carbons (Fsp3) is 0.471. The monoisotopic (exact) mass is 359 g/mol. The first-order valence-electron chi connectivity index (χ1n) is 8.41. The van der Waals surface area contributed by atoms with Gasteiger partial charge in [0.25, 0.3) is 0 Å². The maximum absolute atomic E-state index is 9.21. The molecule has 0 aliphatic heterocycles. The highest BCUT2D eigenvalue weighted by atomic mass is 32.1. The third-order valence-corrected chi connectivity index (χ3v) is 5.42. The molecular weight excluding hydrogens is 338 g/mol. The highest BCUT2D eigenvalue weighted by Gasteiger charge is 2.29. The van der Waals surface area contributed by atoms with E-state index in [1.54, 1.807) is 24.6 Å². The highest BCUT2D eigenvalue weighted by Crippen LogP contribution is 2.33. The quantitative estimate of drug-likeness (QED) is 0.674. The number of hydrogen-bond acceptors (Lipinski definition) is 7. The van der Waals surface area contributed by atoms with Crippen LogP contribution in [0.15, 0.2) is 23.8 Å². The summed E-state index contributed by atoms with van der Waals surface area (Å²) in [6, 6.07) is 2.40. The van der Waals surface area contributed by atoms with Crippen LogP contribution in [0.4, 0.5) is 5.82 Å². The molecule has 0 saturated heterocycles. The Labute approximate surface area is 149 Å². The van der Waals surface area contributed by atoms with E-state index >= 15 is 0 Å². The van der Waals surface area contributed by atoms with E-state index in [-0.39, 0.29) is 6.61 Å². The molecule has 8 heteroatoms. The summed E-state index contributed by atoms with van der Waals surface area (Å²) in [6.45, 7) is 1.58. The van der Waals surface area contributed by atoms with E-state index in [4.69, 9.17) is 14.7 Å². The van der Waals surface area contributed by atoms with E-state index < -0.39 is 0 Å². The Hall–Kier alpha value is -2.03. The molecule has 7 nitrogen and oxygen atoms in total. The van der Waals surface area contributed by atoms with Crippen molar-refractivity contribution in [3.05, 3.63) is 23.8 Å². The number of methoxy groups -OCH3 is 1. The molecule has 0 amide bonds. The Morgan fingerprint density at radius 3 is 3.08 bits per heavy atom. The zero-order valence-electron chi connectivity index (χ0n) is 14.1. The van der Waals surface area contributed by atoms with Gasteiger partial charge in [-0.2, -0.15) is 0 Å². The van der Waals surface area contributed by atoms with E-state index in [1.165, 1.54) is 0 Å². The SMILES string of the molecule is COCCn1ccnc1-c1nc(N[C@H]2C[C@@H](CO)C2)c2ccsc2n1. The molecule has 1 aliphatic rings. The van der Waals surface area contributed by atoms with Gasteiger partial charge in [-0.3, -0.25) is 0 Å². The second-order valence-corrected chi connectivity index (χ2v) is 7.23. The molecule has 1 saturated carbocycles. The van der Waals surface area contributed by atoms with Crippen LogP contribution in [0.3, 0.4) is 0 Å². The Morgan fingerprint density at radius 2 is 2.28 bits per heavy atom. The number of ether oxygens (including phenoxy) is 1. The van der Waals surface area contributed by atoms with Gasteiger partial charge < -0.3 is 19.7 Å². The standard InChI is InChI=1S/C17H21N5O2S/c1-24-6-5-22-4-3-18-16(22)15-20-14(13-2-7-25-17(13)21-15)19-12-8-11(9-12)10-23/h2-4,7,11-12,23H,5-6,8-10H2,1H3,(H,19,20,21)/t11-,12+. The van der Waals surface area contributed by atoms with Crippen molar-refractivity contribution < 1.29 is 9.84 Å². The number of imidazole rings is 1. The van der Waals surface area contributed by atoms with E-state index in [0.717, 1.165) is 34.7 Å². The van der Waals surface area contributed by atoms with E-state index in [1.807, 2.05) is 22.2 Å². The Bertz CT molecular complexity index is 856. The minimum absolute atomic E-state index is 0.262. The number of aliphatic hydroxyl groups excluding tert-OH is 1. The number of aliphatic hydroxyl groups is 1. The molecular formula is C17H21N5O2S. The molecule has 3 heterocycles. The Morgan fingerprint density at radius 1 is 1.40 bits per heavy atom. The lowest BCUT2D eigenvalue weighted by atomic mass is 9.81. The lowest BCUT2D eigenvalue weighted by Crippen LogP contribution is -2.37. The molecule has 132 valence electrons. The number of rotatable bonds is 7. The summed E-state index contributed by atoms with van der Waals surface area (Å²) in [4.78, 5) is 14.8. The van der Waals surface area contributed by atoms with Crippen molar-refractivity contribution in [3.63, 3.8) is 0 Å². The predicted octanol–water partition coefficient (Wildman–Crippen LogP) is 2.38. The Balaban J connectivity index is 1.65. The van der Waals surface area contributed by atoms with Crippen LogP contribution >= 0.6 is 11.3 Å². The largest absolute Gasteiger partial charge is 0.396 e. The van der Waals surface area contributed by atoms with Crippen LogP contribution in [-0.2, 0) is 11.3 Å². The summed E-state index contributed by atoms with van der Waals surface area (Å²) in [5.74, 6) is 2.63. The van der Waals surface area contributed by atoms with Crippen LogP contribution < -0.4 is 5.32 Å². The normalized spacial score (nSPS) is 19.9. The summed E-state index contributed by atoms with van der Waals surface area (Å²) in [7, 11) is 1.69. The van der Waals surface area contributed by atoms with Crippen LogP contribution in [0.1, 0.15) is 12.8 Å². The third-order valence-electron chi connectivity index (χ3n) is 4.61. The van der Waals surface area contributed by atoms with Crippen LogP contribution in [0.5, 0.6) is 0 Å². The summed E-state index contributed by atoms with van der Waals surface area (Å²) < 4.78 is 7.17. The maximum atomic E-state index is 9.21.